The van der Waals surface area contributed by atoms with Crippen LogP contribution < -0.4 is 5.73 Å². The van der Waals surface area contributed by atoms with Gasteiger partial charge < -0.3 is 10.3 Å². The highest BCUT2D eigenvalue weighted by molar-refractivity contribution is 7.90. The average molecular weight is 260 g/mol. The zero-order valence-electron chi connectivity index (χ0n) is 10.5. The van der Waals surface area contributed by atoms with Gasteiger partial charge in [0, 0.05) is 32.6 Å². The molecule has 0 aliphatic heterocycles. The lowest BCUT2D eigenvalue weighted by Gasteiger charge is -2.26. The molecule has 98 valence electrons. The third kappa shape index (κ3) is 4.10. The van der Waals surface area contributed by atoms with E-state index >= 15 is 0 Å². The Morgan fingerprint density at radius 2 is 2.24 bits per heavy atom. The Morgan fingerprint density at radius 3 is 2.65 bits per heavy atom. The van der Waals surface area contributed by atoms with Crippen LogP contribution in [0.2, 0.25) is 0 Å². The average Bonchev–Trinajstić information content (AvgIpc) is 2.62. The molecule has 0 fully saturated rings. The second-order valence-corrected chi connectivity index (χ2v) is 6.55. The summed E-state index contributed by atoms with van der Waals surface area (Å²) in [6.07, 6.45) is 4.71. The largest absolute Gasteiger partial charge is 0.336 e. The lowest BCUT2D eigenvalue weighted by atomic mass is 10.2. The number of rotatable bonds is 6. The highest BCUT2D eigenvalue weighted by Gasteiger charge is 2.19. The first-order valence-electron chi connectivity index (χ1n) is 5.39. The summed E-state index contributed by atoms with van der Waals surface area (Å²) < 4.78 is 24.1. The third-order valence-corrected chi connectivity index (χ3v) is 3.69. The number of nitrogens with zero attached hydrogens (tertiary/aromatic N) is 3. The van der Waals surface area contributed by atoms with Crippen LogP contribution in [0.5, 0.6) is 0 Å². The van der Waals surface area contributed by atoms with E-state index in [0.29, 0.717) is 13.1 Å². The van der Waals surface area contributed by atoms with Gasteiger partial charge in [-0.25, -0.2) is 13.4 Å². The number of aromatic nitrogens is 2. The molecule has 1 heterocycles. The van der Waals surface area contributed by atoms with E-state index in [0.717, 1.165) is 5.69 Å². The number of hydrogen-bond acceptors (Lipinski definition) is 5. The van der Waals surface area contributed by atoms with E-state index in [9.17, 15) is 8.42 Å². The number of hydrogen-bond donors (Lipinski definition) is 1. The molecule has 2 N–H and O–H groups in total. The van der Waals surface area contributed by atoms with Crippen LogP contribution in [0, 0.1) is 0 Å². The van der Waals surface area contributed by atoms with Crippen LogP contribution in [-0.2, 0) is 16.9 Å². The molecule has 17 heavy (non-hydrogen) atoms. The van der Waals surface area contributed by atoms with Crippen LogP contribution in [0.15, 0.2) is 12.5 Å². The first kappa shape index (κ1) is 14.1. The molecule has 1 unspecified atom stereocenters. The van der Waals surface area contributed by atoms with Crippen molar-refractivity contribution in [1.82, 2.24) is 14.5 Å². The van der Waals surface area contributed by atoms with Crippen molar-refractivity contribution in [2.75, 3.05) is 32.1 Å². The number of nitrogens with two attached hydrogens (primary N) is 1. The van der Waals surface area contributed by atoms with Gasteiger partial charge in [0.15, 0.2) is 0 Å². The maximum Gasteiger partial charge on any atom is 0.148 e. The van der Waals surface area contributed by atoms with Gasteiger partial charge in [-0.05, 0) is 7.05 Å². The van der Waals surface area contributed by atoms with Gasteiger partial charge >= 0.3 is 0 Å². The van der Waals surface area contributed by atoms with Crippen molar-refractivity contribution in [2.45, 2.75) is 6.04 Å². The molecular formula is C10H20N4O2S. The van der Waals surface area contributed by atoms with Gasteiger partial charge in [-0.3, -0.25) is 4.90 Å². The minimum absolute atomic E-state index is 0.00995. The Labute approximate surface area is 102 Å². The number of aryl methyl sites for hydroxylation is 1. The van der Waals surface area contributed by atoms with Crippen molar-refractivity contribution in [3.63, 3.8) is 0 Å². The van der Waals surface area contributed by atoms with E-state index in [2.05, 4.69) is 4.98 Å². The minimum atomic E-state index is -2.94. The topological polar surface area (TPSA) is 81.2 Å². The van der Waals surface area contributed by atoms with Gasteiger partial charge in [0.05, 0.1) is 23.8 Å². The molecule has 0 aliphatic carbocycles. The van der Waals surface area contributed by atoms with Crippen LogP contribution in [0.25, 0.3) is 0 Å². The normalized spacial score (nSPS) is 14.2. The highest BCUT2D eigenvalue weighted by Crippen LogP contribution is 2.16. The molecule has 1 aromatic rings. The Kier molecular flexibility index (Phi) is 4.67. The lowest BCUT2D eigenvalue weighted by molar-refractivity contribution is 0.255. The first-order valence-corrected chi connectivity index (χ1v) is 7.45. The molecule has 0 amide bonds. The van der Waals surface area contributed by atoms with Gasteiger partial charge in [-0.2, -0.15) is 0 Å². The summed E-state index contributed by atoms with van der Waals surface area (Å²) in [6, 6.07) is -0.00995. The molecule has 1 aromatic heterocycles. The van der Waals surface area contributed by atoms with Gasteiger partial charge in [-0.15, -0.1) is 0 Å². The molecule has 7 heteroatoms. The summed E-state index contributed by atoms with van der Waals surface area (Å²) in [4.78, 5) is 5.99. The quantitative estimate of drug-likeness (QED) is 0.738. The van der Waals surface area contributed by atoms with Gasteiger partial charge in [-0.1, -0.05) is 0 Å². The number of likely N-dealkylation sites (N-methyl/N-ethyl adjacent to an activating group) is 1. The summed E-state index contributed by atoms with van der Waals surface area (Å²) in [5.74, 6) is 0.137. The molecule has 1 atom stereocenters. The maximum absolute atomic E-state index is 11.1. The Balaban J connectivity index is 2.72. The molecule has 0 aromatic carbocycles. The van der Waals surface area contributed by atoms with E-state index < -0.39 is 9.84 Å². The van der Waals surface area contributed by atoms with E-state index in [-0.39, 0.29) is 11.8 Å². The third-order valence-electron chi connectivity index (χ3n) is 2.77. The molecule has 0 aliphatic rings. The molecule has 0 saturated heterocycles. The summed E-state index contributed by atoms with van der Waals surface area (Å²) in [6.45, 7) is 0.895. The van der Waals surface area contributed by atoms with E-state index in [1.54, 1.807) is 12.5 Å². The Morgan fingerprint density at radius 1 is 1.59 bits per heavy atom. The highest BCUT2D eigenvalue weighted by atomic mass is 32.2. The zero-order valence-corrected chi connectivity index (χ0v) is 11.3. The SMILES string of the molecule is CN(CCS(C)(=O)=O)C(CN)c1cncn1C. The summed E-state index contributed by atoms with van der Waals surface area (Å²) in [5, 5.41) is 0. The molecule has 6 nitrogen and oxygen atoms in total. The van der Waals surface area contributed by atoms with Gasteiger partial charge in [0.2, 0.25) is 0 Å². The smallest absolute Gasteiger partial charge is 0.148 e. The van der Waals surface area contributed by atoms with Crippen molar-refractivity contribution in [2.24, 2.45) is 12.8 Å². The zero-order chi connectivity index (χ0) is 13.1. The lowest BCUT2D eigenvalue weighted by Crippen LogP contribution is -2.34. The standard InChI is InChI=1S/C10H20N4O2S/c1-13(4-5-17(3,15)16)9(6-11)10-7-12-8-14(10)2/h7-9H,4-6,11H2,1-3H3. The maximum atomic E-state index is 11.1. The van der Waals surface area contributed by atoms with Crippen LogP contribution in [0.3, 0.4) is 0 Å². The van der Waals surface area contributed by atoms with Crippen molar-refractivity contribution in [3.05, 3.63) is 18.2 Å². The minimum Gasteiger partial charge on any atom is -0.336 e. The van der Waals surface area contributed by atoms with Crippen molar-refractivity contribution in [3.8, 4) is 0 Å². The number of imidazole rings is 1. The fraction of sp³-hybridized carbons (Fsp3) is 0.700. The van der Waals surface area contributed by atoms with Crippen molar-refractivity contribution in [1.29, 1.82) is 0 Å². The second-order valence-electron chi connectivity index (χ2n) is 4.29. The molecule has 0 bridgehead atoms. The Hall–Kier alpha value is -0.920. The second kappa shape index (κ2) is 5.61. The van der Waals surface area contributed by atoms with Crippen LogP contribution in [0.4, 0.5) is 0 Å². The fourth-order valence-electron chi connectivity index (χ4n) is 1.68. The van der Waals surface area contributed by atoms with Crippen molar-refractivity contribution >= 4 is 9.84 Å². The predicted molar refractivity (Wildman–Crippen MR) is 67.3 cm³/mol. The van der Waals surface area contributed by atoms with Crippen LogP contribution in [0.1, 0.15) is 11.7 Å². The number of sulfone groups is 1. The first-order chi connectivity index (χ1) is 7.85. The molecule has 1 rings (SSSR count). The Bertz CT molecular complexity index is 455. The fourth-order valence-corrected chi connectivity index (χ4v) is 2.30. The van der Waals surface area contributed by atoms with Gasteiger partial charge in [0.25, 0.3) is 0 Å². The van der Waals surface area contributed by atoms with E-state index in [1.807, 2.05) is 23.6 Å². The summed E-state index contributed by atoms with van der Waals surface area (Å²) in [5.41, 5.74) is 6.73. The molecule has 0 saturated carbocycles. The van der Waals surface area contributed by atoms with Crippen LogP contribution >= 0.6 is 0 Å². The van der Waals surface area contributed by atoms with E-state index in [4.69, 9.17) is 5.73 Å². The van der Waals surface area contributed by atoms with Crippen molar-refractivity contribution < 1.29 is 8.42 Å². The van der Waals surface area contributed by atoms with E-state index in [1.165, 1.54) is 6.26 Å². The molecule has 0 radical (unpaired) electrons. The monoisotopic (exact) mass is 260 g/mol. The summed E-state index contributed by atoms with van der Waals surface area (Å²) in [7, 11) is 0.824. The summed E-state index contributed by atoms with van der Waals surface area (Å²) >= 11 is 0. The van der Waals surface area contributed by atoms with Gasteiger partial charge in [0.1, 0.15) is 9.84 Å². The molecular weight excluding hydrogens is 240 g/mol. The predicted octanol–water partition coefficient (Wildman–Crippen LogP) is -0.604. The van der Waals surface area contributed by atoms with Crippen LogP contribution in [-0.4, -0.2) is 55.0 Å². The molecule has 0 spiro atoms.